The minimum atomic E-state index is 0.0757. The van der Waals surface area contributed by atoms with Crippen molar-refractivity contribution in [2.75, 3.05) is 13.2 Å². The van der Waals surface area contributed by atoms with Crippen molar-refractivity contribution < 1.29 is 4.79 Å². The van der Waals surface area contributed by atoms with Gasteiger partial charge in [-0.3, -0.25) is 10.1 Å². The number of rotatable bonds is 4. The van der Waals surface area contributed by atoms with Gasteiger partial charge in [0.15, 0.2) is 0 Å². The number of hydrogen-bond donors (Lipinski definition) is 1. The van der Waals surface area contributed by atoms with Crippen molar-refractivity contribution in [1.82, 2.24) is 10.2 Å². The second-order valence-corrected chi connectivity index (χ2v) is 6.27. The first kappa shape index (κ1) is 12.9. The third kappa shape index (κ3) is 3.01. The van der Waals surface area contributed by atoms with Crippen LogP contribution in [0.15, 0.2) is 0 Å². The molecule has 98 valence electrons. The third-order valence-electron chi connectivity index (χ3n) is 4.34. The molecule has 3 atom stereocenters. The normalized spacial score (nSPS) is 34.0. The summed E-state index contributed by atoms with van der Waals surface area (Å²) in [5.74, 6) is 2.45. The van der Waals surface area contributed by atoms with Crippen LogP contribution in [0.1, 0.15) is 46.5 Å². The maximum Gasteiger partial charge on any atom is 0.240 e. The standard InChI is InChI=1S/C14H26N2O/c1-10(2)7-13-14(17)16(9-15-13)8-12-6-4-5-11(12)3/h10-13,15H,4-9H2,1-3H3. The molecule has 1 aliphatic carbocycles. The van der Waals surface area contributed by atoms with Gasteiger partial charge in [-0.05, 0) is 30.6 Å². The molecule has 2 rings (SSSR count). The van der Waals surface area contributed by atoms with Crippen molar-refractivity contribution in [3.8, 4) is 0 Å². The van der Waals surface area contributed by atoms with Crippen molar-refractivity contribution in [3.05, 3.63) is 0 Å². The predicted octanol–water partition coefficient (Wildman–Crippen LogP) is 2.23. The van der Waals surface area contributed by atoms with Crippen LogP contribution in [0.2, 0.25) is 0 Å². The highest BCUT2D eigenvalue weighted by Crippen LogP contribution is 2.32. The van der Waals surface area contributed by atoms with E-state index in [2.05, 4.69) is 26.1 Å². The Hall–Kier alpha value is -0.570. The Morgan fingerprint density at radius 1 is 1.41 bits per heavy atom. The molecule has 3 unspecified atom stereocenters. The van der Waals surface area contributed by atoms with Crippen LogP contribution >= 0.6 is 0 Å². The van der Waals surface area contributed by atoms with Crippen LogP contribution in [-0.4, -0.2) is 30.1 Å². The predicted molar refractivity (Wildman–Crippen MR) is 69.5 cm³/mol. The van der Waals surface area contributed by atoms with Crippen LogP contribution in [0, 0.1) is 17.8 Å². The fourth-order valence-corrected chi connectivity index (χ4v) is 3.19. The molecule has 2 aliphatic rings. The van der Waals surface area contributed by atoms with Gasteiger partial charge in [-0.2, -0.15) is 0 Å². The average Bonchev–Trinajstić information content (AvgIpc) is 2.79. The first-order valence-electron chi connectivity index (χ1n) is 7.10. The Morgan fingerprint density at radius 3 is 2.76 bits per heavy atom. The molecule has 3 heteroatoms. The van der Waals surface area contributed by atoms with Gasteiger partial charge in [0, 0.05) is 6.54 Å². The topological polar surface area (TPSA) is 32.3 Å². The van der Waals surface area contributed by atoms with Gasteiger partial charge in [-0.15, -0.1) is 0 Å². The van der Waals surface area contributed by atoms with Crippen molar-refractivity contribution in [2.24, 2.45) is 17.8 Å². The summed E-state index contributed by atoms with van der Waals surface area (Å²) in [6.07, 6.45) is 4.96. The van der Waals surface area contributed by atoms with Crippen LogP contribution in [0.3, 0.4) is 0 Å². The second-order valence-electron chi connectivity index (χ2n) is 6.27. The molecular formula is C14H26N2O. The highest BCUT2D eigenvalue weighted by atomic mass is 16.2. The Labute approximate surface area is 105 Å². The maximum absolute atomic E-state index is 12.2. The number of nitrogens with zero attached hydrogens (tertiary/aromatic N) is 1. The van der Waals surface area contributed by atoms with Crippen molar-refractivity contribution in [1.29, 1.82) is 0 Å². The van der Waals surface area contributed by atoms with E-state index < -0.39 is 0 Å². The van der Waals surface area contributed by atoms with E-state index in [1.807, 2.05) is 4.90 Å². The second kappa shape index (κ2) is 5.38. The van der Waals surface area contributed by atoms with E-state index in [0.29, 0.717) is 11.8 Å². The first-order chi connectivity index (χ1) is 8.08. The van der Waals surface area contributed by atoms with Crippen LogP contribution in [0.4, 0.5) is 0 Å². The van der Waals surface area contributed by atoms with E-state index in [4.69, 9.17) is 0 Å². The minimum absolute atomic E-state index is 0.0757. The number of carbonyl (C=O) groups is 1. The minimum Gasteiger partial charge on any atom is -0.328 e. The first-order valence-corrected chi connectivity index (χ1v) is 7.10. The molecule has 0 spiro atoms. The summed E-state index contributed by atoms with van der Waals surface area (Å²) >= 11 is 0. The molecule has 1 amide bonds. The smallest absolute Gasteiger partial charge is 0.240 e. The molecule has 3 nitrogen and oxygen atoms in total. The molecule has 2 fully saturated rings. The fourth-order valence-electron chi connectivity index (χ4n) is 3.19. The van der Waals surface area contributed by atoms with Crippen molar-refractivity contribution >= 4 is 5.91 Å². The number of hydrogen-bond acceptors (Lipinski definition) is 2. The van der Waals surface area contributed by atoms with E-state index in [1.165, 1.54) is 19.3 Å². The Morgan fingerprint density at radius 2 is 2.18 bits per heavy atom. The van der Waals surface area contributed by atoms with Gasteiger partial charge >= 0.3 is 0 Å². The largest absolute Gasteiger partial charge is 0.328 e. The Bertz CT molecular complexity index is 277. The van der Waals surface area contributed by atoms with Gasteiger partial charge < -0.3 is 4.90 Å². The number of amides is 1. The lowest BCUT2D eigenvalue weighted by atomic mass is 9.97. The van der Waals surface area contributed by atoms with Gasteiger partial charge in [0.1, 0.15) is 0 Å². The van der Waals surface area contributed by atoms with Gasteiger partial charge in [0.2, 0.25) is 5.91 Å². The molecule has 17 heavy (non-hydrogen) atoms. The van der Waals surface area contributed by atoms with Crippen molar-refractivity contribution in [2.45, 2.75) is 52.5 Å². The number of nitrogens with one attached hydrogen (secondary N) is 1. The summed E-state index contributed by atoms with van der Waals surface area (Å²) in [6.45, 7) is 8.42. The van der Waals surface area contributed by atoms with Crippen LogP contribution in [0.25, 0.3) is 0 Å². The highest BCUT2D eigenvalue weighted by molar-refractivity contribution is 5.83. The molecule has 0 aromatic carbocycles. The zero-order valence-corrected chi connectivity index (χ0v) is 11.4. The molecule has 0 aromatic rings. The zero-order chi connectivity index (χ0) is 12.4. The van der Waals surface area contributed by atoms with Crippen molar-refractivity contribution in [3.63, 3.8) is 0 Å². The van der Waals surface area contributed by atoms with E-state index in [1.54, 1.807) is 0 Å². The molecular weight excluding hydrogens is 212 g/mol. The monoisotopic (exact) mass is 238 g/mol. The molecule has 1 saturated heterocycles. The average molecular weight is 238 g/mol. The molecule has 0 radical (unpaired) electrons. The highest BCUT2D eigenvalue weighted by Gasteiger charge is 2.34. The lowest BCUT2D eigenvalue weighted by Crippen LogP contribution is -2.35. The van der Waals surface area contributed by atoms with Gasteiger partial charge in [0.05, 0.1) is 12.7 Å². The van der Waals surface area contributed by atoms with E-state index >= 15 is 0 Å². The molecule has 1 N–H and O–H groups in total. The maximum atomic E-state index is 12.2. The summed E-state index contributed by atoms with van der Waals surface area (Å²) < 4.78 is 0. The summed E-state index contributed by atoms with van der Waals surface area (Å²) in [7, 11) is 0. The molecule has 1 saturated carbocycles. The van der Waals surface area contributed by atoms with Crippen LogP contribution in [0.5, 0.6) is 0 Å². The van der Waals surface area contributed by atoms with E-state index in [-0.39, 0.29) is 6.04 Å². The third-order valence-corrected chi connectivity index (χ3v) is 4.34. The zero-order valence-electron chi connectivity index (χ0n) is 11.4. The lowest BCUT2D eigenvalue weighted by molar-refractivity contribution is -0.129. The van der Waals surface area contributed by atoms with Crippen LogP contribution in [-0.2, 0) is 4.79 Å². The van der Waals surface area contributed by atoms with E-state index in [0.717, 1.165) is 31.5 Å². The van der Waals surface area contributed by atoms with Crippen LogP contribution < -0.4 is 5.32 Å². The summed E-state index contributed by atoms with van der Waals surface area (Å²) in [6, 6.07) is 0.0757. The number of carbonyl (C=O) groups excluding carboxylic acids is 1. The fraction of sp³-hybridized carbons (Fsp3) is 0.929. The summed E-state index contributed by atoms with van der Waals surface area (Å²) in [5.41, 5.74) is 0. The molecule has 1 heterocycles. The SMILES string of the molecule is CC(C)CC1NCN(CC2CCCC2C)C1=O. The quantitative estimate of drug-likeness (QED) is 0.814. The molecule has 1 aliphatic heterocycles. The molecule has 0 aromatic heterocycles. The van der Waals surface area contributed by atoms with Gasteiger partial charge in [-0.25, -0.2) is 0 Å². The van der Waals surface area contributed by atoms with Gasteiger partial charge in [0.25, 0.3) is 0 Å². The summed E-state index contributed by atoms with van der Waals surface area (Å²) in [5, 5.41) is 3.35. The van der Waals surface area contributed by atoms with Gasteiger partial charge in [-0.1, -0.05) is 33.6 Å². The summed E-state index contributed by atoms with van der Waals surface area (Å²) in [4.78, 5) is 14.2. The Kier molecular flexibility index (Phi) is 4.08. The molecule has 0 bridgehead atoms. The van der Waals surface area contributed by atoms with E-state index in [9.17, 15) is 4.79 Å². The Balaban J connectivity index is 1.85. The lowest BCUT2D eigenvalue weighted by Gasteiger charge is -2.23.